The Morgan fingerprint density at radius 3 is 2.56 bits per heavy atom. The highest BCUT2D eigenvalue weighted by Crippen LogP contribution is 2.34. The minimum atomic E-state index is 0. The van der Waals surface area contributed by atoms with Crippen LogP contribution in [-0.2, 0) is 4.74 Å². The van der Waals surface area contributed by atoms with Gasteiger partial charge in [-0.1, -0.05) is 13.8 Å². The second-order valence-corrected chi connectivity index (χ2v) is 7.68. The van der Waals surface area contributed by atoms with Gasteiger partial charge >= 0.3 is 0 Å². The van der Waals surface area contributed by atoms with E-state index in [9.17, 15) is 0 Å². The average Bonchev–Trinajstić information content (AvgIpc) is 3.43. The second kappa shape index (κ2) is 13.1. The Morgan fingerprint density at radius 1 is 1.20 bits per heavy atom. The largest absolute Gasteiger partial charge is 0.381 e. The van der Waals surface area contributed by atoms with Gasteiger partial charge in [-0.2, -0.15) is 0 Å². The Hall–Kier alpha value is -0.0800. The third-order valence-electron chi connectivity index (χ3n) is 4.46. The van der Waals surface area contributed by atoms with E-state index in [0.29, 0.717) is 5.92 Å². The molecule has 0 aromatic carbocycles. The molecule has 2 N–H and O–H groups in total. The maximum Gasteiger partial charge on any atom is 0.191 e. The molecular weight excluding hydrogens is 427 g/mol. The topological polar surface area (TPSA) is 48.9 Å². The number of nitrogens with zero attached hydrogens (tertiary/aromatic N) is 2. The maximum absolute atomic E-state index is 5.61. The lowest BCUT2D eigenvalue weighted by molar-refractivity contribution is 0.109. The molecule has 0 aromatic rings. The Labute approximate surface area is 171 Å². The van der Waals surface area contributed by atoms with Crippen LogP contribution in [0.5, 0.6) is 0 Å². The van der Waals surface area contributed by atoms with Crippen LogP contribution >= 0.6 is 24.0 Å². The Morgan fingerprint density at radius 2 is 1.96 bits per heavy atom. The molecule has 5 nitrogen and oxygen atoms in total. The predicted octanol–water partition coefficient (Wildman–Crippen LogP) is 3.10. The molecule has 0 aliphatic heterocycles. The average molecular weight is 466 g/mol. The minimum absolute atomic E-state index is 0. The van der Waals surface area contributed by atoms with Crippen molar-refractivity contribution in [2.75, 3.05) is 45.9 Å². The molecule has 2 aliphatic carbocycles. The minimum Gasteiger partial charge on any atom is -0.381 e. The van der Waals surface area contributed by atoms with Gasteiger partial charge in [0.1, 0.15) is 0 Å². The van der Waals surface area contributed by atoms with E-state index in [4.69, 9.17) is 4.74 Å². The summed E-state index contributed by atoms with van der Waals surface area (Å²) < 4.78 is 5.61. The second-order valence-electron chi connectivity index (χ2n) is 7.68. The van der Waals surface area contributed by atoms with Crippen molar-refractivity contribution in [1.29, 1.82) is 0 Å². The number of hydrogen-bond donors (Lipinski definition) is 2. The van der Waals surface area contributed by atoms with Crippen molar-refractivity contribution in [2.24, 2.45) is 16.8 Å². The molecule has 6 heteroatoms. The maximum atomic E-state index is 5.61. The van der Waals surface area contributed by atoms with Gasteiger partial charge in [0, 0.05) is 52.0 Å². The summed E-state index contributed by atoms with van der Waals surface area (Å²) in [4.78, 5) is 7.35. The van der Waals surface area contributed by atoms with Gasteiger partial charge in [-0.05, 0) is 50.9 Å². The van der Waals surface area contributed by atoms with Gasteiger partial charge in [-0.15, -0.1) is 24.0 Å². The number of ether oxygens (including phenoxy) is 1. The molecule has 0 unspecified atom stereocenters. The van der Waals surface area contributed by atoms with E-state index < -0.39 is 0 Å². The van der Waals surface area contributed by atoms with Crippen LogP contribution in [0.4, 0.5) is 0 Å². The molecule has 0 atom stereocenters. The lowest BCUT2D eigenvalue weighted by atomic mass is 10.2. The number of guanidine groups is 1. The summed E-state index contributed by atoms with van der Waals surface area (Å²) in [5, 5.41) is 6.84. The van der Waals surface area contributed by atoms with Crippen molar-refractivity contribution in [1.82, 2.24) is 15.5 Å². The quantitative estimate of drug-likeness (QED) is 0.190. The first-order chi connectivity index (χ1) is 11.7. The summed E-state index contributed by atoms with van der Waals surface area (Å²) in [5.74, 6) is 2.54. The van der Waals surface area contributed by atoms with Crippen LogP contribution in [-0.4, -0.2) is 62.8 Å². The van der Waals surface area contributed by atoms with Crippen LogP contribution < -0.4 is 10.6 Å². The molecule has 25 heavy (non-hydrogen) atoms. The van der Waals surface area contributed by atoms with E-state index in [0.717, 1.165) is 63.7 Å². The Balaban J connectivity index is 0.00000312. The zero-order valence-corrected chi connectivity index (χ0v) is 18.8. The van der Waals surface area contributed by atoms with Crippen LogP contribution in [0.1, 0.15) is 52.9 Å². The molecule has 2 rings (SSSR count). The highest BCUT2D eigenvalue weighted by Gasteiger charge is 2.33. The van der Waals surface area contributed by atoms with E-state index in [-0.39, 0.29) is 24.0 Å². The summed E-state index contributed by atoms with van der Waals surface area (Å²) in [6, 6.07) is 0.866. The SMILES string of the molecule is CCNC(=NCCCOCC(C)C)NCCN(CC1CC1)C1CC1.I. The molecule has 0 heterocycles. The van der Waals surface area contributed by atoms with Crippen molar-refractivity contribution in [3.05, 3.63) is 0 Å². The van der Waals surface area contributed by atoms with Gasteiger partial charge in [0.25, 0.3) is 0 Å². The number of rotatable bonds is 13. The van der Waals surface area contributed by atoms with Crippen LogP contribution in [0.2, 0.25) is 0 Å². The van der Waals surface area contributed by atoms with E-state index >= 15 is 0 Å². The highest BCUT2D eigenvalue weighted by atomic mass is 127. The van der Waals surface area contributed by atoms with Crippen molar-refractivity contribution in [3.8, 4) is 0 Å². The first kappa shape index (κ1) is 23.0. The van der Waals surface area contributed by atoms with Crippen LogP contribution in [0, 0.1) is 11.8 Å². The van der Waals surface area contributed by atoms with Crippen molar-refractivity contribution >= 4 is 29.9 Å². The van der Waals surface area contributed by atoms with Gasteiger partial charge in [0.2, 0.25) is 0 Å². The molecule has 2 aliphatic rings. The highest BCUT2D eigenvalue weighted by molar-refractivity contribution is 14.0. The van der Waals surface area contributed by atoms with Gasteiger partial charge < -0.3 is 15.4 Å². The number of nitrogens with one attached hydrogen (secondary N) is 2. The third kappa shape index (κ3) is 11.3. The standard InChI is InChI=1S/C19H38N4O.HI/c1-4-20-19(21-10-5-13-24-15-16(2)3)22-11-12-23(18-8-9-18)14-17-6-7-17;/h16-18H,4-15H2,1-3H3,(H2,20,21,22);1H. The number of halogens is 1. The molecular formula is C19H39IN4O. The fourth-order valence-electron chi connectivity index (χ4n) is 2.83. The van der Waals surface area contributed by atoms with E-state index in [1.807, 2.05) is 0 Å². The van der Waals surface area contributed by atoms with Crippen molar-refractivity contribution in [2.45, 2.75) is 58.9 Å². The number of hydrogen-bond acceptors (Lipinski definition) is 3. The monoisotopic (exact) mass is 466 g/mol. The van der Waals surface area contributed by atoms with Gasteiger partial charge in [-0.25, -0.2) is 0 Å². The van der Waals surface area contributed by atoms with Gasteiger partial charge in [0.05, 0.1) is 0 Å². The Bertz CT molecular complexity index is 370. The zero-order chi connectivity index (χ0) is 17.2. The molecule has 0 saturated heterocycles. The molecule has 2 fully saturated rings. The summed E-state index contributed by atoms with van der Waals surface area (Å²) in [6.07, 6.45) is 6.67. The lowest BCUT2D eigenvalue weighted by Crippen LogP contribution is -2.42. The van der Waals surface area contributed by atoms with Crippen LogP contribution in [0.25, 0.3) is 0 Å². The van der Waals surface area contributed by atoms with Crippen molar-refractivity contribution < 1.29 is 4.74 Å². The molecule has 0 amide bonds. The molecule has 148 valence electrons. The summed E-state index contributed by atoms with van der Waals surface area (Å²) >= 11 is 0. The summed E-state index contributed by atoms with van der Waals surface area (Å²) in [6.45, 7) is 13.3. The van der Waals surface area contributed by atoms with E-state index in [1.54, 1.807) is 0 Å². The molecule has 0 bridgehead atoms. The molecule has 2 saturated carbocycles. The third-order valence-corrected chi connectivity index (χ3v) is 4.46. The van der Waals surface area contributed by atoms with E-state index in [1.165, 1.54) is 32.2 Å². The predicted molar refractivity (Wildman–Crippen MR) is 117 cm³/mol. The van der Waals surface area contributed by atoms with Crippen LogP contribution in [0.15, 0.2) is 4.99 Å². The van der Waals surface area contributed by atoms with E-state index in [2.05, 4.69) is 41.3 Å². The first-order valence-electron chi connectivity index (χ1n) is 10.0. The summed E-state index contributed by atoms with van der Waals surface area (Å²) in [7, 11) is 0. The fourth-order valence-corrected chi connectivity index (χ4v) is 2.83. The smallest absolute Gasteiger partial charge is 0.191 e. The fraction of sp³-hybridized carbons (Fsp3) is 0.947. The van der Waals surface area contributed by atoms with Gasteiger partial charge in [-0.3, -0.25) is 9.89 Å². The number of aliphatic imine (C=N–C) groups is 1. The molecule has 0 aromatic heterocycles. The lowest BCUT2D eigenvalue weighted by Gasteiger charge is -2.22. The molecule has 0 radical (unpaired) electrons. The Kier molecular flexibility index (Phi) is 12.1. The normalized spacial score (nSPS) is 17.7. The van der Waals surface area contributed by atoms with Gasteiger partial charge in [0.15, 0.2) is 5.96 Å². The zero-order valence-electron chi connectivity index (χ0n) is 16.4. The first-order valence-corrected chi connectivity index (χ1v) is 10.0. The van der Waals surface area contributed by atoms with Crippen molar-refractivity contribution in [3.63, 3.8) is 0 Å². The summed E-state index contributed by atoms with van der Waals surface area (Å²) in [5.41, 5.74) is 0. The molecule has 0 spiro atoms. The van der Waals surface area contributed by atoms with Crippen LogP contribution in [0.3, 0.4) is 0 Å².